The van der Waals surface area contributed by atoms with E-state index in [1.54, 1.807) is 0 Å². The number of hydrogen-bond acceptors (Lipinski definition) is 3. The first-order valence-corrected chi connectivity index (χ1v) is 7.63. The van der Waals surface area contributed by atoms with Crippen molar-refractivity contribution < 1.29 is 4.79 Å². The molecular formula is C16H23N3O. The maximum atomic E-state index is 12.4. The topological polar surface area (TPSA) is 49.6 Å². The number of amides is 1. The number of rotatable bonds is 2. The molecule has 3 rings (SSSR count). The van der Waals surface area contributed by atoms with E-state index < -0.39 is 0 Å². The maximum Gasteiger partial charge on any atom is 0.242 e. The molecule has 1 aromatic carbocycles. The van der Waals surface area contributed by atoms with Gasteiger partial charge in [-0.1, -0.05) is 18.2 Å². The molecule has 1 saturated heterocycles. The van der Waals surface area contributed by atoms with Gasteiger partial charge in [0, 0.05) is 31.4 Å². The van der Waals surface area contributed by atoms with Crippen molar-refractivity contribution in [2.24, 2.45) is 5.73 Å². The van der Waals surface area contributed by atoms with Crippen LogP contribution in [0.1, 0.15) is 37.3 Å². The van der Waals surface area contributed by atoms with Gasteiger partial charge in [-0.05, 0) is 37.3 Å². The van der Waals surface area contributed by atoms with E-state index >= 15 is 0 Å². The number of nitrogens with zero attached hydrogens (tertiary/aromatic N) is 2. The molecule has 108 valence electrons. The Balaban J connectivity index is 1.72. The number of anilines is 1. The summed E-state index contributed by atoms with van der Waals surface area (Å²) < 4.78 is 0. The lowest BCUT2D eigenvalue weighted by atomic mass is 9.97. The van der Waals surface area contributed by atoms with Crippen LogP contribution in [0.4, 0.5) is 5.69 Å². The molecule has 1 unspecified atom stereocenters. The minimum atomic E-state index is 0.104. The van der Waals surface area contributed by atoms with E-state index in [1.165, 1.54) is 12.0 Å². The van der Waals surface area contributed by atoms with E-state index in [9.17, 15) is 4.79 Å². The highest BCUT2D eigenvalue weighted by Gasteiger charge is 2.25. The normalized spacial score (nSPS) is 22.6. The van der Waals surface area contributed by atoms with Crippen LogP contribution in [-0.2, 0) is 4.79 Å². The van der Waals surface area contributed by atoms with Crippen molar-refractivity contribution in [3.63, 3.8) is 0 Å². The van der Waals surface area contributed by atoms with Crippen LogP contribution in [0.3, 0.4) is 0 Å². The van der Waals surface area contributed by atoms with Crippen molar-refractivity contribution in [2.75, 3.05) is 31.1 Å². The fraction of sp³-hybridized carbons (Fsp3) is 0.562. The molecule has 4 nitrogen and oxygen atoms in total. The molecule has 2 aliphatic heterocycles. The second-order valence-corrected chi connectivity index (χ2v) is 5.82. The minimum Gasteiger partial charge on any atom is -0.362 e. The summed E-state index contributed by atoms with van der Waals surface area (Å²) in [6.45, 7) is 3.21. The molecule has 1 aromatic rings. The molecule has 4 heteroatoms. The average molecular weight is 273 g/mol. The highest BCUT2D eigenvalue weighted by Crippen LogP contribution is 2.31. The molecular weight excluding hydrogens is 250 g/mol. The fourth-order valence-corrected chi connectivity index (χ4v) is 3.23. The van der Waals surface area contributed by atoms with Gasteiger partial charge >= 0.3 is 0 Å². The summed E-state index contributed by atoms with van der Waals surface area (Å²) in [6, 6.07) is 8.31. The van der Waals surface area contributed by atoms with Crippen LogP contribution in [-0.4, -0.2) is 37.0 Å². The number of hydrogen-bond donors (Lipinski definition) is 1. The minimum absolute atomic E-state index is 0.104. The van der Waals surface area contributed by atoms with Gasteiger partial charge in [0.1, 0.15) is 0 Å². The molecule has 0 bridgehead atoms. The lowest BCUT2D eigenvalue weighted by Crippen LogP contribution is -2.45. The molecule has 0 aliphatic carbocycles. The standard InChI is InChI=1S/C16H23N3O/c17-14-8-11-19(15-7-3-2-6-13(14)15)12-16(20)18-9-4-1-5-10-18/h2-3,6-7,14H,1,4-5,8-12,17H2. The van der Waals surface area contributed by atoms with E-state index in [4.69, 9.17) is 5.73 Å². The molecule has 0 spiro atoms. The SMILES string of the molecule is NC1CCN(CC(=O)N2CCCCC2)c2ccccc21. The number of carbonyl (C=O) groups excluding carboxylic acids is 1. The summed E-state index contributed by atoms with van der Waals surface area (Å²) in [7, 11) is 0. The van der Waals surface area contributed by atoms with E-state index in [-0.39, 0.29) is 11.9 Å². The third-order valence-electron chi connectivity index (χ3n) is 4.42. The molecule has 1 fully saturated rings. The summed E-state index contributed by atoms with van der Waals surface area (Å²) in [5.41, 5.74) is 8.47. The van der Waals surface area contributed by atoms with Crippen molar-refractivity contribution in [1.29, 1.82) is 0 Å². The number of carbonyl (C=O) groups is 1. The zero-order valence-electron chi connectivity index (χ0n) is 11.9. The van der Waals surface area contributed by atoms with E-state index in [0.29, 0.717) is 6.54 Å². The van der Waals surface area contributed by atoms with Crippen LogP contribution in [0.25, 0.3) is 0 Å². The van der Waals surface area contributed by atoms with Crippen molar-refractivity contribution >= 4 is 11.6 Å². The van der Waals surface area contributed by atoms with Crippen LogP contribution >= 0.6 is 0 Å². The van der Waals surface area contributed by atoms with Crippen molar-refractivity contribution in [2.45, 2.75) is 31.7 Å². The van der Waals surface area contributed by atoms with E-state index in [1.807, 2.05) is 17.0 Å². The lowest BCUT2D eigenvalue weighted by Gasteiger charge is -2.36. The Morgan fingerprint density at radius 3 is 2.70 bits per heavy atom. The predicted molar refractivity (Wildman–Crippen MR) is 80.6 cm³/mol. The Kier molecular flexibility index (Phi) is 3.92. The molecule has 2 N–H and O–H groups in total. The highest BCUT2D eigenvalue weighted by atomic mass is 16.2. The number of benzene rings is 1. The smallest absolute Gasteiger partial charge is 0.242 e. The molecule has 0 saturated carbocycles. The third kappa shape index (κ3) is 2.66. The average Bonchev–Trinajstić information content (AvgIpc) is 2.51. The first-order chi connectivity index (χ1) is 9.75. The summed E-state index contributed by atoms with van der Waals surface area (Å²) >= 11 is 0. The zero-order valence-corrected chi connectivity index (χ0v) is 11.9. The summed E-state index contributed by atoms with van der Waals surface area (Å²) in [6.07, 6.45) is 4.47. The highest BCUT2D eigenvalue weighted by molar-refractivity contribution is 5.82. The number of nitrogens with two attached hydrogens (primary N) is 1. The van der Waals surface area contributed by atoms with Gasteiger partial charge in [0.2, 0.25) is 5.91 Å². The molecule has 0 radical (unpaired) electrons. The monoisotopic (exact) mass is 273 g/mol. The Labute approximate surface area is 120 Å². The van der Waals surface area contributed by atoms with Crippen LogP contribution in [0, 0.1) is 0 Å². The Morgan fingerprint density at radius 1 is 1.15 bits per heavy atom. The number of piperidine rings is 1. The van der Waals surface area contributed by atoms with Gasteiger partial charge in [-0.15, -0.1) is 0 Å². The Hall–Kier alpha value is -1.55. The van der Waals surface area contributed by atoms with Crippen LogP contribution in [0.15, 0.2) is 24.3 Å². The Bertz CT molecular complexity index is 482. The Morgan fingerprint density at radius 2 is 1.90 bits per heavy atom. The number of para-hydroxylation sites is 1. The van der Waals surface area contributed by atoms with Crippen molar-refractivity contribution in [3.8, 4) is 0 Å². The lowest BCUT2D eigenvalue weighted by molar-refractivity contribution is -0.130. The van der Waals surface area contributed by atoms with Gasteiger partial charge in [-0.25, -0.2) is 0 Å². The molecule has 0 aromatic heterocycles. The third-order valence-corrected chi connectivity index (χ3v) is 4.42. The zero-order chi connectivity index (χ0) is 13.9. The predicted octanol–water partition coefficient (Wildman–Crippen LogP) is 1.91. The van der Waals surface area contributed by atoms with E-state index in [0.717, 1.165) is 44.6 Å². The molecule has 2 aliphatic rings. The first kappa shape index (κ1) is 13.4. The molecule has 1 atom stereocenters. The molecule has 1 amide bonds. The molecule has 20 heavy (non-hydrogen) atoms. The van der Waals surface area contributed by atoms with Gasteiger partial charge in [0.25, 0.3) is 0 Å². The maximum absolute atomic E-state index is 12.4. The van der Waals surface area contributed by atoms with Gasteiger partial charge in [-0.2, -0.15) is 0 Å². The van der Waals surface area contributed by atoms with Gasteiger partial charge < -0.3 is 15.5 Å². The van der Waals surface area contributed by atoms with Gasteiger partial charge in [0.05, 0.1) is 6.54 Å². The quantitative estimate of drug-likeness (QED) is 0.895. The number of likely N-dealkylation sites (tertiary alicyclic amines) is 1. The van der Waals surface area contributed by atoms with Crippen molar-refractivity contribution in [3.05, 3.63) is 29.8 Å². The fourth-order valence-electron chi connectivity index (χ4n) is 3.23. The summed E-state index contributed by atoms with van der Waals surface area (Å²) in [5, 5.41) is 0. The van der Waals surface area contributed by atoms with Crippen molar-refractivity contribution in [1.82, 2.24) is 4.90 Å². The van der Waals surface area contributed by atoms with Crippen LogP contribution in [0.5, 0.6) is 0 Å². The van der Waals surface area contributed by atoms with Gasteiger partial charge in [0.15, 0.2) is 0 Å². The van der Waals surface area contributed by atoms with E-state index in [2.05, 4.69) is 17.0 Å². The second-order valence-electron chi connectivity index (χ2n) is 5.82. The van der Waals surface area contributed by atoms with Crippen LogP contribution < -0.4 is 10.6 Å². The first-order valence-electron chi connectivity index (χ1n) is 7.63. The summed E-state index contributed by atoms with van der Waals surface area (Å²) in [5.74, 6) is 0.259. The summed E-state index contributed by atoms with van der Waals surface area (Å²) in [4.78, 5) is 16.6. The second kappa shape index (κ2) is 5.83. The van der Waals surface area contributed by atoms with Crippen LogP contribution in [0.2, 0.25) is 0 Å². The molecule has 2 heterocycles. The largest absolute Gasteiger partial charge is 0.362 e. The number of fused-ring (bicyclic) bond motifs is 1. The van der Waals surface area contributed by atoms with Gasteiger partial charge in [-0.3, -0.25) is 4.79 Å².